The van der Waals surface area contributed by atoms with Crippen LogP contribution in [-0.2, 0) is 15.1 Å². The maximum atomic E-state index is 13.1. The Labute approximate surface area is 183 Å². The van der Waals surface area contributed by atoms with E-state index in [9.17, 15) is 14.4 Å². The average Bonchev–Trinajstić information content (AvgIpc) is 3.72. The Hall–Kier alpha value is -2.88. The van der Waals surface area contributed by atoms with Gasteiger partial charge in [-0.3, -0.25) is 15.0 Å². The summed E-state index contributed by atoms with van der Waals surface area (Å²) >= 11 is 1.28. The minimum atomic E-state index is -1.18. The Morgan fingerprint density at radius 2 is 1.94 bits per heavy atom. The molecular weight excluding hydrogens is 416 g/mol. The van der Waals surface area contributed by atoms with Crippen LogP contribution in [0.15, 0.2) is 35.5 Å². The van der Waals surface area contributed by atoms with Crippen LogP contribution in [0.1, 0.15) is 62.4 Å². The molecule has 10 heteroatoms. The van der Waals surface area contributed by atoms with Gasteiger partial charge in [-0.25, -0.2) is 4.79 Å². The number of hydrazine groups is 1. The molecule has 0 unspecified atom stereocenters. The van der Waals surface area contributed by atoms with Crippen molar-refractivity contribution in [3.63, 3.8) is 0 Å². The summed E-state index contributed by atoms with van der Waals surface area (Å²) in [6.45, 7) is 1.83. The summed E-state index contributed by atoms with van der Waals surface area (Å²) in [6.07, 6.45) is 4.87. The van der Waals surface area contributed by atoms with Gasteiger partial charge >= 0.3 is 6.03 Å². The topological polar surface area (TPSA) is 109 Å². The summed E-state index contributed by atoms with van der Waals surface area (Å²) in [5, 5.41) is 12.9. The zero-order valence-corrected chi connectivity index (χ0v) is 18.0. The number of nitrogens with one attached hydrogen (secondary N) is 2. The number of urea groups is 1. The summed E-state index contributed by atoms with van der Waals surface area (Å²) in [6, 6.07) is 8.87. The second-order valence-electron chi connectivity index (χ2n) is 8.24. The Kier molecular flexibility index (Phi) is 4.96. The summed E-state index contributed by atoms with van der Waals surface area (Å²) in [5.41, 5.74) is 1.98. The summed E-state index contributed by atoms with van der Waals surface area (Å²) < 4.78 is 2.17. The average molecular weight is 441 g/mol. The number of hydrogen-bond acceptors (Lipinski definition) is 6. The molecule has 2 heterocycles. The number of carbonyl (C=O) groups excluding carboxylic acids is 3. The van der Waals surface area contributed by atoms with Gasteiger partial charge in [-0.1, -0.05) is 49.0 Å². The van der Waals surface area contributed by atoms with Crippen molar-refractivity contribution in [2.45, 2.75) is 61.7 Å². The van der Waals surface area contributed by atoms with Gasteiger partial charge in [0.25, 0.3) is 5.91 Å². The molecule has 1 aromatic carbocycles. The van der Waals surface area contributed by atoms with Crippen LogP contribution in [-0.4, -0.2) is 43.4 Å². The van der Waals surface area contributed by atoms with Gasteiger partial charge in [0.05, 0.1) is 5.75 Å². The smallest absolute Gasteiger partial charge is 0.318 e. The number of benzene rings is 1. The molecule has 2 N–H and O–H groups in total. The molecule has 2 saturated carbocycles. The second kappa shape index (κ2) is 7.67. The van der Waals surface area contributed by atoms with Gasteiger partial charge in [0.15, 0.2) is 5.16 Å². The summed E-state index contributed by atoms with van der Waals surface area (Å²) in [7, 11) is 0. The van der Waals surface area contributed by atoms with Crippen molar-refractivity contribution in [1.29, 1.82) is 0 Å². The number of amides is 4. The molecule has 5 rings (SSSR count). The van der Waals surface area contributed by atoms with Crippen LogP contribution in [0.2, 0.25) is 0 Å². The van der Waals surface area contributed by atoms with Gasteiger partial charge < -0.3 is 9.88 Å². The number of rotatable bonds is 8. The van der Waals surface area contributed by atoms with Crippen LogP contribution in [0.3, 0.4) is 0 Å². The Balaban J connectivity index is 1.26. The van der Waals surface area contributed by atoms with Crippen molar-refractivity contribution >= 4 is 29.6 Å². The molecule has 3 aliphatic rings. The Morgan fingerprint density at radius 1 is 1.19 bits per heavy atom. The minimum absolute atomic E-state index is 0.0387. The van der Waals surface area contributed by atoms with E-state index in [1.165, 1.54) is 11.8 Å². The van der Waals surface area contributed by atoms with E-state index in [4.69, 9.17) is 0 Å². The second-order valence-corrected chi connectivity index (χ2v) is 9.18. The van der Waals surface area contributed by atoms with Gasteiger partial charge in [0.2, 0.25) is 5.91 Å². The molecule has 2 aliphatic carbocycles. The van der Waals surface area contributed by atoms with Gasteiger partial charge in [0.1, 0.15) is 11.4 Å². The largest absolute Gasteiger partial charge is 0.344 e. The van der Waals surface area contributed by atoms with Crippen LogP contribution in [0.25, 0.3) is 0 Å². The third kappa shape index (κ3) is 3.58. The molecule has 0 spiro atoms. The lowest BCUT2D eigenvalue weighted by Crippen LogP contribution is -2.49. The lowest BCUT2D eigenvalue weighted by molar-refractivity contribution is -0.138. The maximum absolute atomic E-state index is 13.1. The molecule has 4 amide bonds. The van der Waals surface area contributed by atoms with E-state index in [0.29, 0.717) is 23.9 Å². The number of carbonyl (C=O) groups is 3. The monoisotopic (exact) mass is 440 g/mol. The number of thioether (sulfide) groups is 1. The first-order valence-corrected chi connectivity index (χ1v) is 11.6. The predicted molar refractivity (Wildman–Crippen MR) is 113 cm³/mol. The molecule has 2 aromatic rings. The first-order chi connectivity index (χ1) is 15.0. The standard InChI is InChI=1S/C21H24N6O3S/c1-2-21(14-6-4-3-5-7-14)18(29)27(19(30)22-21)25-16(28)12-31-20-24-23-17(13-8-9-13)26(20)15-10-11-15/h3-7,13,15H,2,8-12H2,1H3,(H,22,30)(H,25,28)/t21-/m1/s1. The zero-order valence-electron chi connectivity index (χ0n) is 17.2. The number of aromatic nitrogens is 3. The molecule has 1 aliphatic heterocycles. The summed E-state index contributed by atoms with van der Waals surface area (Å²) in [4.78, 5) is 38.2. The van der Waals surface area contributed by atoms with Crippen molar-refractivity contribution in [2.75, 3.05) is 5.75 Å². The zero-order chi connectivity index (χ0) is 21.6. The fraction of sp³-hybridized carbons (Fsp3) is 0.476. The Bertz CT molecular complexity index is 1030. The van der Waals surface area contributed by atoms with E-state index in [1.54, 1.807) is 12.1 Å². The van der Waals surface area contributed by atoms with Crippen molar-refractivity contribution in [3.05, 3.63) is 41.7 Å². The van der Waals surface area contributed by atoms with Crippen molar-refractivity contribution in [1.82, 2.24) is 30.5 Å². The fourth-order valence-electron chi connectivity index (χ4n) is 4.01. The highest BCUT2D eigenvalue weighted by Crippen LogP contribution is 2.46. The molecule has 0 bridgehead atoms. The van der Waals surface area contributed by atoms with Crippen molar-refractivity contribution in [2.24, 2.45) is 0 Å². The quantitative estimate of drug-likeness (QED) is 0.482. The molecule has 1 atom stereocenters. The fourth-order valence-corrected chi connectivity index (χ4v) is 4.81. The van der Waals surface area contributed by atoms with Crippen molar-refractivity contribution in [3.8, 4) is 0 Å². The van der Waals surface area contributed by atoms with Crippen LogP contribution >= 0.6 is 11.8 Å². The first kappa shape index (κ1) is 20.0. The molecule has 1 aromatic heterocycles. The maximum Gasteiger partial charge on any atom is 0.344 e. The molecule has 0 radical (unpaired) electrons. The van der Waals surface area contributed by atoms with E-state index in [2.05, 4.69) is 25.5 Å². The molecular formula is C21H24N6O3S. The van der Waals surface area contributed by atoms with E-state index in [1.807, 2.05) is 25.1 Å². The van der Waals surface area contributed by atoms with Gasteiger partial charge in [-0.15, -0.1) is 10.2 Å². The SMILES string of the molecule is CC[C@]1(c2ccccc2)NC(=O)N(NC(=O)CSc2nnc(C3CC3)n2C2CC2)C1=O. The number of hydrogen-bond donors (Lipinski definition) is 2. The normalized spacial score (nSPS) is 23.2. The van der Waals surface area contributed by atoms with Crippen LogP contribution in [0, 0.1) is 0 Å². The van der Waals surface area contributed by atoms with Crippen molar-refractivity contribution < 1.29 is 14.4 Å². The van der Waals surface area contributed by atoms with E-state index in [-0.39, 0.29) is 5.75 Å². The molecule has 3 fully saturated rings. The van der Waals surface area contributed by atoms with Gasteiger partial charge in [-0.05, 0) is 37.7 Å². The predicted octanol–water partition coefficient (Wildman–Crippen LogP) is 2.47. The third-order valence-electron chi connectivity index (χ3n) is 6.00. The third-order valence-corrected chi connectivity index (χ3v) is 6.95. The molecule has 9 nitrogen and oxygen atoms in total. The van der Waals surface area contributed by atoms with E-state index >= 15 is 0 Å². The number of imide groups is 1. The van der Waals surface area contributed by atoms with E-state index in [0.717, 1.165) is 41.7 Å². The molecule has 1 saturated heterocycles. The Morgan fingerprint density at radius 3 is 2.58 bits per heavy atom. The molecule has 31 heavy (non-hydrogen) atoms. The highest BCUT2D eigenvalue weighted by atomic mass is 32.2. The highest BCUT2D eigenvalue weighted by Gasteiger charge is 2.52. The summed E-state index contributed by atoms with van der Waals surface area (Å²) in [5.74, 6) is 0.628. The lowest BCUT2D eigenvalue weighted by atomic mass is 9.87. The first-order valence-electron chi connectivity index (χ1n) is 10.6. The lowest BCUT2D eigenvalue weighted by Gasteiger charge is -2.25. The van der Waals surface area contributed by atoms with E-state index < -0.39 is 23.4 Å². The van der Waals surface area contributed by atoms with Crippen LogP contribution < -0.4 is 10.7 Å². The van der Waals surface area contributed by atoms with Crippen LogP contribution in [0.4, 0.5) is 4.79 Å². The minimum Gasteiger partial charge on any atom is -0.318 e. The highest BCUT2D eigenvalue weighted by molar-refractivity contribution is 7.99. The molecule has 162 valence electrons. The number of nitrogens with zero attached hydrogens (tertiary/aromatic N) is 4. The van der Waals surface area contributed by atoms with Gasteiger partial charge in [0, 0.05) is 12.0 Å². The van der Waals surface area contributed by atoms with Gasteiger partial charge in [-0.2, -0.15) is 5.01 Å². The van der Waals surface area contributed by atoms with Crippen LogP contribution in [0.5, 0.6) is 0 Å².